The molecule has 0 unspecified atom stereocenters. The van der Waals surface area contributed by atoms with E-state index in [-0.39, 0.29) is 9.79 Å². The standard InChI is InChI=1S/C21H19N5O2S/c22-16-26-21(25-15-18-5-4-12-23-13-18)24-14-17-8-10-20(11-9-17)29(27,28)19-6-2-1-3-7-19/h1-13H,14-15H2,(H2,24,25,26). The van der Waals surface area contributed by atoms with Crippen molar-refractivity contribution < 1.29 is 8.42 Å². The van der Waals surface area contributed by atoms with E-state index in [0.29, 0.717) is 19.0 Å². The molecule has 8 heteroatoms. The Morgan fingerprint density at radius 2 is 1.69 bits per heavy atom. The van der Waals surface area contributed by atoms with Crippen molar-refractivity contribution in [2.75, 3.05) is 0 Å². The van der Waals surface area contributed by atoms with Crippen molar-refractivity contribution >= 4 is 15.8 Å². The maximum absolute atomic E-state index is 12.6. The van der Waals surface area contributed by atoms with Crippen LogP contribution in [0, 0.1) is 11.5 Å². The highest BCUT2D eigenvalue weighted by Crippen LogP contribution is 2.20. The third kappa shape index (κ3) is 5.40. The van der Waals surface area contributed by atoms with Crippen molar-refractivity contribution in [3.05, 3.63) is 90.3 Å². The second-order valence-corrected chi connectivity index (χ2v) is 8.03. The lowest BCUT2D eigenvalue weighted by molar-refractivity contribution is 0.596. The van der Waals surface area contributed by atoms with Gasteiger partial charge < -0.3 is 5.32 Å². The zero-order chi connectivity index (χ0) is 20.5. The van der Waals surface area contributed by atoms with Crippen molar-refractivity contribution in [3.8, 4) is 6.19 Å². The van der Waals surface area contributed by atoms with Gasteiger partial charge in [0.1, 0.15) is 0 Å². The van der Waals surface area contributed by atoms with Gasteiger partial charge in [-0.05, 0) is 41.5 Å². The van der Waals surface area contributed by atoms with Crippen LogP contribution in [0.15, 0.2) is 93.9 Å². The molecule has 0 aliphatic rings. The first-order valence-corrected chi connectivity index (χ1v) is 10.3. The summed E-state index contributed by atoms with van der Waals surface area (Å²) in [6.07, 6.45) is 5.24. The first-order chi connectivity index (χ1) is 14.1. The molecule has 3 aromatic rings. The van der Waals surface area contributed by atoms with Gasteiger partial charge in [0.15, 0.2) is 6.19 Å². The van der Waals surface area contributed by atoms with Gasteiger partial charge in [-0.3, -0.25) is 10.3 Å². The minimum atomic E-state index is -3.54. The molecule has 2 aromatic carbocycles. The van der Waals surface area contributed by atoms with E-state index in [1.807, 2.05) is 18.3 Å². The number of hydrogen-bond acceptors (Lipinski definition) is 5. The summed E-state index contributed by atoms with van der Waals surface area (Å²) in [5.41, 5.74) is 1.77. The Bertz CT molecular complexity index is 1110. The predicted molar refractivity (Wildman–Crippen MR) is 109 cm³/mol. The van der Waals surface area contributed by atoms with E-state index in [1.54, 1.807) is 67.0 Å². The van der Waals surface area contributed by atoms with Crippen molar-refractivity contribution in [1.82, 2.24) is 15.6 Å². The van der Waals surface area contributed by atoms with Crippen LogP contribution in [-0.2, 0) is 22.9 Å². The van der Waals surface area contributed by atoms with Crippen LogP contribution in [0.5, 0.6) is 0 Å². The van der Waals surface area contributed by atoms with Crippen LogP contribution in [0.4, 0.5) is 0 Å². The van der Waals surface area contributed by atoms with Crippen molar-refractivity contribution in [1.29, 1.82) is 5.26 Å². The Balaban J connectivity index is 1.66. The highest BCUT2D eigenvalue weighted by Gasteiger charge is 2.16. The van der Waals surface area contributed by atoms with Gasteiger partial charge in [-0.15, -0.1) is 0 Å². The van der Waals surface area contributed by atoms with E-state index in [4.69, 9.17) is 5.26 Å². The third-order valence-electron chi connectivity index (χ3n) is 4.06. The predicted octanol–water partition coefficient (Wildman–Crippen LogP) is 2.63. The monoisotopic (exact) mass is 405 g/mol. The molecule has 0 atom stereocenters. The zero-order valence-corrected chi connectivity index (χ0v) is 16.3. The molecular formula is C21H19N5O2S. The third-order valence-corrected chi connectivity index (χ3v) is 5.85. The normalized spacial score (nSPS) is 11.5. The largest absolute Gasteiger partial charge is 0.351 e. The molecule has 146 valence electrons. The molecule has 0 spiro atoms. The van der Waals surface area contributed by atoms with Gasteiger partial charge >= 0.3 is 0 Å². The Morgan fingerprint density at radius 3 is 2.34 bits per heavy atom. The maximum atomic E-state index is 12.6. The Labute approximate surface area is 169 Å². The van der Waals surface area contributed by atoms with Gasteiger partial charge in [-0.1, -0.05) is 36.4 Å². The minimum absolute atomic E-state index is 0.230. The summed E-state index contributed by atoms with van der Waals surface area (Å²) in [5.74, 6) is 0.331. The molecule has 1 heterocycles. The number of pyridine rings is 1. The number of nitrogens with one attached hydrogen (secondary N) is 2. The zero-order valence-electron chi connectivity index (χ0n) is 15.5. The second kappa shape index (κ2) is 9.48. The lowest BCUT2D eigenvalue weighted by Gasteiger charge is -2.09. The smallest absolute Gasteiger partial charge is 0.206 e. The SMILES string of the molecule is N#CNC(=NCc1cccnc1)NCc1ccc(S(=O)(=O)c2ccccc2)cc1. The van der Waals surface area contributed by atoms with Crippen LogP contribution in [0.1, 0.15) is 11.1 Å². The van der Waals surface area contributed by atoms with E-state index in [2.05, 4.69) is 20.6 Å². The number of sulfone groups is 1. The second-order valence-electron chi connectivity index (χ2n) is 6.08. The average Bonchev–Trinajstić information content (AvgIpc) is 2.77. The molecule has 3 rings (SSSR count). The van der Waals surface area contributed by atoms with E-state index >= 15 is 0 Å². The van der Waals surface area contributed by atoms with Gasteiger partial charge in [0, 0.05) is 18.9 Å². The van der Waals surface area contributed by atoms with Crippen LogP contribution in [0.2, 0.25) is 0 Å². The lowest BCUT2D eigenvalue weighted by atomic mass is 10.2. The fourth-order valence-corrected chi connectivity index (χ4v) is 3.84. The van der Waals surface area contributed by atoms with Crippen molar-refractivity contribution in [2.45, 2.75) is 22.9 Å². The molecule has 0 saturated carbocycles. The number of aromatic nitrogens is 1. The fourth-order valence-electron chi connectivity index (χ4n) is 2.56. The molecular weight excluding hydrogens is 386 g/mol. The van der Waals surface area contributed by atoms with E-state index < -0.39 is 9.84 Å². The molecule has 0 fully saturated rings. The van der Waals surface area contributed by atoms with Crippen LogP contribution in [-0.4, -0.2) is 19.4 Å². The highest BCUT2D eigenvalue weighted by molar-refractivity contribution is 7.91. The van der Waals surface area contributed by atoms with Gasteiger partial charge in [-0.25, -0.2) is 13.4 Å². The number of benzene rings is 2. The molecule has 0 aliphatic carbocycles. The van der Waals surface area contributed by atoms with Crippen LogP contribution < -0.4 is 10.6 Å². The molecule has 7 nitrogen and oxygen atoms in total. The maximum Gasteiger partial charge on any atom is 0.206 e. The summed E-state index contributed by atoms with van der Waals surface area (Å²) < 4.78 is 25.3. The molecule has 0 radical (unpaired) electrons. The number of nitrogens with zero attached hydrogens (tertiary/aromatic N) is 3. The summed E-state index contributed by atoms with van der Waals surface area (Å²) in [6.45, 7) is 0.755. The molecule has 29 heavy (non-hydrogen) atoms. The summed E-state index contributed by atoms with van der Waals surface area (Å²) in [6, 6.07) is 18.6. The lowest BCUT2D eigenvalue weighted by Crippen LogP contribution is -2.34. The number of guanidine groups is 1. The van der Waals surface area contributed by atoms with Crippen molar-refractivity contribution in [3.63, 3.8) is 0 Å². The Kier molecular flexibility index (Phi) is 6.55. The highest BCUT2D eigenvalue weighted by atomic mass is 32.2. The van der Waals surface area contributed by atoms with E-state index in [1.165, 1.54) is 0 Å². The van der Waals surface area contributed by atoms with Gasteiger partial charge in [0.2, 0.25) is 15.8 Å². The summed E-state index contributed by atoms with van der Waals surface area (Å²) in [4.78, 5) is 8.85. The first kappa shape index (κ1) is 20.0. The van der Waals surface area contributed by atoms with Gasteiger partial charge in [0.25, 0.3) is 0 Å². The average molecular weight is 405 g/mol. The number of nitriles is 1. The molecule has 1 aromatic heterocycles. The number of rotatable bonds is 6. The van der Waals surface area contributed by atoms with Crippen LogP contribution in [0.3, 0.4) is 0 Å². The van der Waals surface area contributed by atoms with Crippen LogP contribution >= 0.6 is 0 Å². The van der Waals surface area contributed by atoms with Crippen molar-refractivity contribution in [2.24, 2.45) is 4.99 Å². The topological polar surface area (TPSA) is 107 Å². The van der Waals surface area contributed by atoms with E-state index in [0.717, 1.165) is 11.1 Å². The molecule has 0 amide bonds. The van der Waals surface area contributed by atoms with Gasteiger partial charge in [-0.2, -0.15) is 5.26 Å². The quantitative estimate of drug-likeness (QED) is 0.283. The van der Waals surface area contributed by atoms with E-state index in [9.17, 15) is 8.42 Å². The molecule has 0 aliphatic heterocycles. The number of aliphatic imine (C=N–C) groups is 1. The Hall–Kier alpha value is -3.70. The minimum Gasteiger partial charge on any atom is -0.351 e. The Morgan fingerprint density at radius 1 is 0.966 bits per heavy atom. The van der Waals surface area contributed by atoms with Crippen LogP contribution in [0.25, 0.3) is 0 Å². The van der Waals surface area contributed by atoms with Gasteiger partial charge in [0.05, 0.1) is 16.3 Å². The number of hydrogen-bond donors (Lipinski definition) is 2. The summed E-state index contributed by atoms with van der Waals surface area (Å²) in [7, 11) is -3.54. The first-order valence-electron chi connectivity index (χ1n) is 8.81. The molecule has 2 N–H and O–H groups in total. The summed E-state index contributed by atoms with van der Waals surface area (Å²) in [5, 5.41) is 14.5. The fraction of sp³-hybridized carbons (Fsp3) is 0.0952. The summed E-state index contributed by atoms with van der Waals surface area (Å²) >= 11 is 0. The molecule has 0 bridgehead atoms. The molecule has 0 saturated heterocycles.